The first-order chi connectivity index (χ1) is 11.3. The lowest BCUT2D eigenvalue weighted by Crippen LogP contribution is -2.42. The number of rotatable bonds is 5. The average Bonchev–Trinajstić information content (AvgIpc) is 3.23. The molecule has 1 fully saturated rings. The number of guanidine groups is 1. The van der Waals surface area contributed by atoms with Gasteiger partial charge in [0.05, 0.1) is 0 Å². The number of hydrogen-bond acceptors (Lipinski definition) is 1. The van der Waals surface area contributed by atoms with Gasteiger partial charge in [-0.3, -0.25) is 4.99 Å². The lowest BCUT2D eigenvalue weighted by Gasteiger charge is -2.16. The Morgan fingerprint density at radius 2 is 2.09 bits per heavy atom. The Hall–Kier alpha value is -1.97. The highest BCUT2D eigenvalue weighted by atomic mass is 15.2. The molecule has 1 saturated carbocycles. The Kier molecular flexibility index (Phi) is 5.21. The first-order valence-corrected chi connectivity index (χ1v) is 8.87. The third-order valence-electron chi connectivity index (χ3n) is 4.87. The molecule has 3 N–H and O–H groups in total. The smallest absolute Gasteiger partial charge is 0.191 e. The van der Waals surface area contributed by atoms with E-state index in [0.29, 0.717) is 6.04 Å². The molecule has 1 aliphatic rings. The van der Waals surface area contributed by atoms with Gasteiger partial charge in [-0.1, -0.05) is 38.0 Å². The highest BCUT2D eigenvalue weighted by Gasteiger charge is 2.15. The first kappa shape index (κ1) is 15.9. The van der Waals surface area contributed by atoms with E-state index in [2.05, 4.69) is 51.9 Å². The van der Waals surface area contributed by atoms with Crippen LogP contribution in [-0.4, -0.2) is 30.6 Å². The molecule has 124 valence electrons. The van der Waals surface area contributed by atoms with Crippen LogP contribution in [0.15, 0.2) is 29.4 Å². The van der Waals surface area contributed by atoms with E-state index in [9.17, 15) is 0 Å². The summed E-state index contributed by atoms with van der Waals surface area (Å²) in [5, 5.41) is 8.34. The molecule has 0 radical (unpaired) electrons. The molecule has 0 spiro atoms. The summed E-state index contributed by atoms with van der Waals surface area (Å²) in [7, 11) is 1.85. The van der Waals surface area contributed by atoms with Crippen LogP contribution in [0.25, 0.3) is 10.9 Å². The van der Waals surface area contributed by atoms with Crippen molar-refractivity contribution in [2.45, 2.75) is 51.5 Å². The molecular formula is C19H28N4. The molecule has 1 aromatic carbocycles. The molecule has 0 amide bonds. The topological polar surface area (TPSA) is 52.2 Å². The number of aromatic amines is 1. The maximum Gasteiger partial charge on any atom is 0.191 e. The number of aliphatic imine (C=N–C) groups is 1. The molecule has 0 unspecified atom stereocenters. The molecule has 4 heteroatoms. The summed E-state index contributed by atoms with van der Waals surface area (Å²) in [6.07, 6.45) is 9.42. The standard InChI is InChI=1S/C19H28N4/c1-3-14-7-6-10-17-15(13-22-18(14)17)11-12-21-19(20-2)23-16-8-4-5-9-16/h6-7,10,13,16,22H,3-5,8-9,11-12H2,1-2H3,(H2,20,21,23). The highest BCUT2D eigenvalue weighted by molar-refractivity contribution is 5.86. The van der Waals surface area contributed by atoms with Crippen molar-refractivity contribution in [1.29, 1.82) is 0 Å². The van der Waals surface area contributed by atoms with Crippen LogP contribution < -0.4 is 10.6 Å². The van der Waals surface area contributed by atoms with Crippen molar-refractivity contribution in [2.24, 2.45) is 4.99 Å². The molecular weight excluding hydrogens is 284 g/mol. The van der Waals surface area contributed by atoms with Crippen molar-refractivity contribution in [3.63, 3.8) is 0 Å². The molecule has 0 saturated heterocycles. The van der Waals surface area contributed by atoms with E-state index in [1.165, 1.54) is 47.7 Å². The number of aromatic nitrogens is 1. The van der Waals surface area contributed by atoms with Crippen LogP contribution >= 0.6 is 0 Å². The van der Waals surface area contributed by atoms with E-state index >= 15 is 0 Å². The summed E-state index contributed by atoms with van der Waals surface area (Å²) in [4.78, 5) is 7.79. The number of H-pyrrole nitrogens is 1. The molecule has 0 atom stereocenters. The number of hydrogen-bond donors (Lipinski definition) is 3. The van der Waals surface area contributed by atoms with E-state index in [0.717, 1.165) is 25.3 Å². The molecule has 23 heavy (non-hydrogen) atoms. The molecule has 0 aliphatic heterocycles. The molecule has 3 rings (SSSR count). The van der Waals surface area contributed by atoms with Crippen molar-refractivity contribution >= 4 is 16.9 Å². The number of fused-ring (bicyclic) bond motifs is 1. The molecule has 1 aliphatic carbocycles. The minimum atomic E-state index is 0.599. The molecule has 4 nitrogen and oxygen atoms in total. The van der Waals surface area contributed by atoms with Crippen molar-refractivity contribution in [3.05, 3.63) is 35.5 Å². The second kappa shape index (κ2) is 7.53. The number of nitrogens with one attached hydrogen (secondary N) is 3. The normalized spacial score (nSPS) is 16.2. The van der Waals surface area contributed by atoms with Gasteiger partial charge in [0.25, 0.3) is 0 Å². The summed E-state index contributed by atoms with van der Waals surface area (Å²) < 4.78 is 0. The SMILES string of the molecule is CCc1cccc2c(CCNC(=NC)NC3CCCC3)c[nH]c12. The van der Waals surface area contributed by atoms with E-state index < -0.39 is 0 Å². The summed E-state index contributed by atoms with van der Waals surface area (Å²) in [6, 6.07) is 7.17. The number of benzene rings is 1. The van der Waals surface area contributed by atoms with Gasteiger partial charge in [0.1, 0.15) is 0 Å². The van der Waals surface area contributed by atoms with Gasteiger partial charge in [0.15, 0.2) is 5.96 Å². The van der Waals surface area contributed by atoms with E-state index in [1.807, 2.05) is 7.05 Å². The second-order valence-electron chi connectivity index (χ2n) is 6.38. The van der Waals surface area contributed by atoms with Crippen molar-refractivity contribution in [3.8, 4) is 0 Å². The lowest BCUT2D eigenvalue weighted by atomic mass is 10.1. The third-order valence-corrected chi connectivity index (χ3v) is 4.87. The van der Waals surface area contributed by atoms with E-state index in [4.69, 9.17) is 0 Å². The van der Waals surface area contributed by atoms with Crippen LogP contribution in [0, 0.1) is 0 Å². The minimum Gasteiger partial charge on any atom is -0.361 e. The largest absolute Gasteiger partial charge is 0.361 e. The van der Waals surface area contributed by atoms with Crippen LogP contribution in [-0.2, 0) is 12.8 Å². The third kappa shape index (κ3) is 3.69. The Morgan fingerprint density at radius 1 is 1.26 bits per heavy atom. The highest BCUT2D eigenvalue weighted by Crippen LogP contribution is 2.22. The zero-order chi connectivity index (χ0) is 16.1. The van der Waals surface area contributed by atoms with Crippen molar-refractivity contribution in [1.82, 2.24) is 15.6 Å². The predicted octanol–water partition coefficient (Wildman–Crippen LogP) is 3.38. The maximum atomic E-state index is 4.35. The zero-order valence-electron chi connectivity index (χ0n) is 14.3. The fourth-order valence-corrected chi connectivity index (χ4v) is 3.55. The van der Waals surface area contributed by atoms with Crippen LogP contribution in [0.3, 0.4) is 0 Å². The van der Waals surface area contributed by atoms with Crippen molar-refractivity contribution in [2.75, 3.05) is 13.6 Å². The van der Waals surface area contributed by atoms with E-state index in [-0.39, 0.29) is 0 Å². The van der Waals surface area contributed by atoms with Gasteiger partial charge >= 0.3 is 0 Å². The fraction of sp³-hybridized carbons (Fsp3) is 0.526. The predicted molar refractivity (Wildman–Crippen MR) is 98.1 cm³/mol. The molecule has 2 aromatic rings. The van der Waals surface area contributed by atoms with Crippen LogP contribution in [0.1, 0.15) is 43.7 Å². The zero-order valence-corrected chi connectivity index (χ0v) is 14.3. The number of para-hydroxylation sites is 1. The van der Waals surface area contributed by atoms with Gasteiger partial charge in [-0.05, 0) is 36.8 Å². The first-order valence-electron chi connectivity index (χ1n) is 8.87. The van der Waals surface area contributed by atoms with Crippen LogP contribution in [0.2, 0.25) is 0 Å². The van der Waals surface area contributed by atoms with Crippen LogP contribution in [0.4, 0.5) is 0 Å². The quantitative estimate of drug-likeness (QED) is 0.585. The molecule has 1 aromatic heterocycles. The summed E-state index contributed by atoms with van der Waals surface area (Å²) >= 11 is 0. The van der Waals surface area contributed by atoms with Gasteiger partial charge in [-0.25, -0.2) is 0 Å². The van der Waals surface area contributed by atoms with Gasteiger partial charge in [0, 0.05) is 36.7 Å². The number of nitrogens with zero attached hydrogens (tertiary/aromatic N) is 1. The lowest BCUT2D eigenvalue weighted by molar-refractivity contribution is 0.613. The van der Waals surface area contributed by atoms with Gasteiger partial charge in [-0.15, -0.1) is 0 Å². The monoisotopic (exact) mass is 312 g/mol. The second-order valence-corrected chi connectivity index (χ2v) is 6.38. The Bertz CT molecular complexity index is 665. The Balaban J connectivity index is 1.57. The molecule has 0 bridgehead atoms. The number of aryl methyl sites for hydroxylation is 1. The fourth-order valence-electron chi connectivity index (χ4n) is 3.55. The summed E-state index contributed by atoms with van der Waals surface area (Å²) in [5.41, 5.74) is 4.05. The maximum absolute atomic E-state index is 4.35. The van der Waals surface area contributed by atoms with Gasteiger partial charge in [0.2, 0.25) is 0 Å². The van der Waals surface area contributed by atoms with Gasteiger partial charge in [-0.2, -0.15) is 0 Å². The summed E-state index contributed by atoms with van der Waals surface area (Å²) in [6.45, 7) is 3.10. The van der Waals surface area contributed by atoms with Gasteiger partial charge < -0.3 is 15.6 Å². The van der Waals surface area contributed by atoms with Crippen molar-refractivity contribution < 1.29 is 0 Å². The molecule has 1 heterocycles. The minimum absolute atomic E-state index is 0.599. The summed E-state index contributed by atoms with van der Waals surface area (Å²) in [5.74, 6) is 0.936. The van der Waals surface area contributed by atoms with Crippen LogP contribution in [0.5, 0.6) is 0 Å². The van der Waals surface area contributed by atoms with E-state index in [1.54, 1.807) is 0 Å². The Morgan fingerprint density at radius 3 is 2.83 bits per heavy atom. The average molecular weight is 312 g/mol. The Labute approximate surface area is 138 Å².